The number of likely N-dealkylation sites (tertiary alicyclic amines) is 1. The van der Waals surface area contributed by atoms with Crippen molar-refractivity contribution in [3.05, 3.63) is 0 Å². The molecule has 1 heterocycles. The third kappa shape index (κ3) is 7.09. The third-order valence-electron chi connectivity index (χ3n) is 2.98. The lowest BCUT2D eigenvalue weighted by molar-refractivity contribution is 0.0188. The molecule has 1 aliphatic heterocycles. The molecule has 118 valence electrons. The summed E-state index contributed by atoms with van der Waals surface area (Å²) >= 11 is 0. The maximum absolute atomic E-state index is 12.0. The molecule has 0 spiro atoms. The zero-order valence-electron chi connectivity index (χ0n) is 12.8. The molecule has 1 unspecified atom stereocenters. The number of carbonyl (C=O) groups excluding carboxylic acids is 1. The van der Waals surface area contributed by atoms with Gasteiger partial charge in [0.1, 0.15) is 15.4 Å². The quantitative estimate of drug-likeness (QED) is 0.839. The summed E-state index contributed by atoms with van der Waals surface area (Å²) in [5, 5.41) is 3.20. The molecule has 0 aromatic rings. The minimum absolute atomic E-state index is 0.121. The minimum atomic E-state index is -2.95. The Morgan fingerprint density at radius 2 is 2.05 bits per heavy atom. The third-order valence-corrected chi connectivity index (χ3v) is 3.92. The van der Waals surface area contributed by atoms with E-state index in [1.165, 1.54) is 6.26 Å². The number of amides is 1. The van der Waals surface area contributed by atoms with Crippen LogP contribution in [0.15, 0.2) is 0 Å². The number of hydrogen-bond donors (Lipinski definition) is 1. The molecule has 1 atom stereocenters. The van der Waals surface area contributed by atoms with Crippen molar-refractivity contribution in [1.29, 1.82) is 0 Å². The van der Waals surface area contributed by atoms with E-state index in [0.29, 0.717) is 19.6 Å². The lowest BCUT2D eigenvalue weighted by atomic mass is 10.1. The van der Waals surface area contributed by atoms with Gasteiger partial charge in [-0.3, -0.25) is 0 Å². The standard InChI is InChI=1S/C13H26N2O4S/c1-13(2,3)19-12(16)15-8-5-6-11(10-15)14-7-9-20(4,17)18/h11,14H,5-10H2,1-4H3. The number of piperidine rings is 1. The minimum Gasteiger partial charge on any atom is -0.444 e. The number of sulfone groups is 1. The first-order valence-corrected chi connectivity index (χ1v) is 9.02. The average Bonchev–Trinajstić information content (AvgIpc) is 2.25. The predicted molar refractivity (Wildman–Crippen MR) is 78.5 cm³/mol. The smallest absolute Gasteiger partial charge is 0.410 e. The molecule has 0 saturated carbocycles. The first kappa shape index (κ1) is 17.2. The number of hydrogen-bond acceptors (Lipinski definition) is 5. The van der Waals surface area contributed by atoms with Crippen molar-refractivity contribution in [1.82, 2.24) is 10.2 Å². The van der Waals surface area contributed by atoms with Crippen LogP contribution in [0.5, 0.6) is 0 Å². The molecule has 1 aliphatic rings. The number of nitrogens with one attached hydrogen (secondary N) is 1. The second-order valence-corrected chi connectivity index (χ2v) is 8.61. The van der Waals surface area contributed by atoms with Gasteiger partial charge in [-0.1, -0.05) is 0 Å². The molecule has 1 amide bonds. The van der Waals surface area contributed by atoms with Crippen LogP contribution >= 0.6 is 0 Å². The summed E-state index contributed by atoms with van der Waals surface area (Å²) in [7, 11) is -2.95. The molecule has 0 aromatic carbocycles. The van der Waals surface area contributed by atoms with E-state index in [1.807, 2.05) is 20.8 Å². The second kappa shape index (κ2) is 6.76. The monoisotopic (exact) mass is 306 g/mol. The topological polar surface area (TPSA) is 75.7 Å². The molecule has 20 heavy (non-hydrogen) atoms. The van der Waals surface area contributed by atoms with E-state index in [9.17, 15) is 13.2 Å². The highest BCUT2D eigenvalue weighted by Crippen LogP contribution is 2.15. The summed E-state index contributed by atoms with van der Waals surface area (Å²) < 4.78 is 27.5. The van der Waals surface area contributed by atoms with Crippen molar-refractivity contribution in [2.75, 3.05) is 31.6 Å². The van der Waals surface area contributed by atoms with Crippen LogP contribution in [0.4, 0.5) is 4.79 Å². The van der Waals surface area contributed by atoms with Crippen LogP contribution in [0.2, 0.25) is 0 Å². The molecule has 6 nitrogen and oxygen atoms in total. The Morgan fingerprint density at radius 3 is 2.60 bits per heavy atom. The van der Waals surface area contributed by atoms with Gasteiger partial charge in [-0.2, -0.15) is 0 Å². The van der Waals surface area contributed by atoms with Crippen molar-refractivity contribution in [2.45, 2.75) is 45.3 Å². The van der Waals surface area contributed by atoms with E-state index in [0.717, 1.165) is 12.8 Å². The van der Waals surface area contributed by atoms with Crippen LogP contribution in [-0.4, -0.2) is 62.7 Å². The van der Waals surface area contributed by atoms with E-state index < -0.39 is 15.4 Å². The lowest BCUT2D eigenvalue weighted by Crippen LogP contribution is -2.50. The van der Waals surface area contributed by atoms with E-state index in [4.69, 9.17) is 4.74 Å². The average molecular weight is 306 g/mol. The van der Waals surface area contributed by atoms with Crippen LogP contribution in [0, 0.1) is 0 Å². The van der Waals surface area contributed by atoms with E-state index in [-0.39, 0.29) is 17.9 Å². The number of nitrogens with zero attached hydrogens (tertiary/aromatic N) is 1. The molecular formula is C13H26N2O4S. The molecule has 1 saturated heterocycles. The molecule has 0 radical (unpaired) electrons. The van der Waals surface area contributed by atoms with E-state index >= 15 is 0 Å². The molecular weight excluding hydrogens is 280 g/mol. The summed E-state index contributed by atoms with van der Waals surface area (Å²) in [6.07, 6.45) is 2.77. The van der Waals surface area contributed by atoms with Crippen molar-refractivity contribution in [3.63, 3.8) is 0 Å². The van der Waals surface area contributed by atoms with E-state index in [2.05, 4.69) is 5.32 Å². The zero-order chi connectivity index (χ0) is 15.4. The Hall–Kier alpha value is -0.820. The van der Waals surface area contributed by atoms with Crippen LogP contribution in [0.3, 0.4) is 0 Å². The van der Waals surface area contributed by atoms with Gasteiger partial charge < -0.3 is 15.0 Å². The molecule has 7 heteroatoms. The number of carbonyl (C=O) groups is 1. The highest BCUT2D eigenvalue weighted by Gasteiger charge is 2.27. The molecule has 0 aromatic heterocycles. The number of rotatable bonds is 4. The van der Waals surface area contributed by atoms with Crippen molar-refractivity contribution < 1.29 is 17.9 Å². The fourth-order valence-electron chi connectivity index (χ4n) is 2.08. The van der Waals surface area contributed by atoms with Crippen molar-refractivity contribution in [2.24, 2.45) is 0 Å². The first-order chi connectivity index (χ1) is 9.07. The maximum atomic E-state index is 12.0. The predicted octanol–water partition coefficient (Wildman–Crippen LogP) is 1.02. The molecule has 1 fully saturated rings. The normalized spacial score (nSPS) is 20.8. The summed E-state index contributed by atoms with van der Waals surface area (Å²) in [5.41, 5.74) is -0.492. The SMILES string of the molecule is CC(C)(C)OC(=O)N1CCCC(NCCS(C)(=O)=O)C1. The Balaban J connectivity index is 2.40. The summed E-state index contributed by atoms with van der Waals surface area (Å²) in [5.74, 6) is 0.121. The highest BCUT2D eigenvalue weighted by atomic mass is 32.2. The van der Waals surface area contributed by atoms with Gasteiger partial charge in [-0.15, -0.1) is 0 Å². The van der Waals surface area contributed by atoms with Gasteiger partial charge in [-0.25, -0.2) is 13.2 Å². The van der Waals surface area contributed by atoms with Gasteiger partial charge >= 0.3 is 6.09 Å². The highest BCUT2D eigenvalue weighted by molar-refractivity contribution is 7.90. The Bertz CT molecular complexity index is 428. The number of ether oxygens (including phenoxy) is 1. The van der Waals surface area contributed by atoms with Gasteiger partial charge in [0.2, 0.25) is 0 Å². The molecule has 0 aliphatic carbocycles. The fraction of sp³-hybridized carbons (Fsp3) is 0.923. The van der Waals surface area contributed by atoms with Crippen molar-refractivity contribution in [3.8, 4) is 0 Å². The largest absolute Gasteiger partial charge is 0.444 e. The van der Waals surface area contributed by atoms with Crippen molar-refractivity contribution >= 4 is 15.9 Å². The zero-order valence-corrected chi connectivity index (χ0v) is 13.6. The van der Waals surface area contributed by atoms with Crippen LogP contribution < -0.4 is 5.32 Å². The summed E-state index contributed by atoms with van der Waals surface area (Å²) in [4.78, 5) is 13.7. The van der Waals surface area contributed by atoms with Crippen LogP contribution in [0.1, 0.15) is 33.6 Å². The van der Waals surface area contributed by atoms with Crippen LogP contribution in [0.25, 0.3) is 0 Å². The first-order valence-electron chi connectivity index (χ1n) is 6.96. The lowest BCUT2D eigenvalue weighted by Gasteiger charge is -2.34. The van der Waals surface area contributed by atoms with Gasteiger partial charge in [0.25, 0.3) is 0 Å². The maximum Gasteiger partial charge on any atom is 0.410 e. The molecule has 1 N–H and O–H groups in total. The second-order valence-electron chi connectivity index (χ2n) is 6.35. The van der Waals surface area contributed by atoms with Gasteiger partial charge in [0.05, 0.1) is 5.75 Å². The summed E-state index contributed by atoms with van der Waals surface area (Å²) in [6.45, 7) is 7.22. The fourth-order valence-corrected chi connectivity index (χ4v) is 2.57. The Labute approximate surface area is 121 Å². The summed E-state index contributed by atoms with van der Waals surface area (Å²) in [6, 6.07) is 0.137. The van der Waals surface area contributed by atoms with Gasteiger partial charge in [0, 0.05) is 31.9 Å². The molecule has 0 bridgehead atoms. The molecule has 1 rings (SSSR count). The Kier molecular flexibility index (Phi) is 5.82. The van der Waals surface area contributed by atoms with Gasteiger partial charge in [-0.05, 0) is 33.6 Å². The van der Waals surface area contributed by atoms with E-state index in [1.54, 1.807) is 4.90 Å². The van der Waals surface area contributed by atoms with Gasteiger partial charge in [0.15, 0.2) is 0 Å². The van der Waals surface area contributed by atoms with Crippen LogP contribution in [-0.2, 0) is 14.6 Å². The Morgan fingerprint density at radius 1 is 1.40 bits per heavy atom.